The molecule has 0 fully saturated rings. The van der Waals surface area contributed by atoms with Crippen molar-refractivity contribution < 1.29 is 13.2 Å². The highest BCUT2D eigenvalue weighted by molar-refractivity contribution is 9.10. The van der Waals surface area contributed by atoms with E-state index in [-0.39, 0.29) is 16.7 Å². The third-order valence-corrected chi connectivity index (χ3v) is 3.64. The minimum absolute atomic E-state index is 0.125. The molecule has 0 aliphatic heterocycles. The summed E-state index contributed by atoms with van der Waals surface area (Å²) >= 11 is 3.15. The predicted octanol–water partition coefficient (Wildman–Crippen LogP) is 5.07. The van der Waals surface area contributed by atoms with Crippen molar-refractivity contribution in [3.8, 4) is 0 Å². The van der Waals surface area contributed by atoms with E-state index in [4.69, 9.17) is 0 Å². The Morgan fingerprint density at radius 2 is 1.90 bits per heavy atom. The summed E-state index contributed by atoms with van der Waals surface area (Å²) in [5.41, 5.74) is -3.10. The molecule has 0 aliphatic carbocycles. The first kappa shape index (κ1) is 15.2. The fourth-order valence-electron chi connectivity index (χ4n) is 1.52. The van der Waals surface area contributed by atoms with Crippen LogP contribution in [0.4, 0.5) is 18.9 Å². The summed E-state index contributed by atoms with van der Waals surface area (Å²) in [5.74, 6) is 0. The second-order valence-electron chi connectivity index (χ2n) is 3.87. The van der Waals surface area contributed by atoms with Crippen LogP contribution in [0.1, 0.15) is 5.69 Å². The first-order chi connectivity index (χ1) is 9.44. The maximum atomic E-state index is 12.4. The van der Waals surface area contributed by atoms with E-state index in [1.807, 2.05) is 6.07 Å². The lowest BCUT2D eigenvalue weighted by Gasteiger charge is -2.12. The van der Waals surface area contributed by atoms with Gasteiger partial charge < -0.3 is 5.32 Å². The summed E-state index contributed by atoms with van der Waals surface area (Å²) in [6, 6.07) is 9.97. The molecule has 0 saturated carbocycles. The maximum absolute atomic E-state index is 12.4. The van der Waals surface area contributed by atoms with Crippen molar-refractivity contribution in [2.45, 2.75) is 16.9 Å². The average molecular weight is 363 g/mol. The molecule has 0 amide bonds. The van der Waals surface area contributed by atoms with Crippen LogP contribution >= 0.6 is 27.7 Å². The molecule has 0 aliphatic rings. The minimum Gasteiger partial charge on any atom is -0.378 e. The number of hydrogen-bond acceptors (Lipinski definition) is 3. The molecule has 7 heteroatoms. The number of para-hydroxylation sites is 1. The Morgan fingerprint density at radius 1 is 1.15 bits per heavy atom. The van der Waals surface area contributed by atoms with Gasteiger partial charge in [0.25, 0.3) is 0 Å². The molecule has 1 aromatic heterocycles. The number of nitrogens with one attached hydrogen (secondary N) is 1. The van der Waals surface area contributed by atoms with Crippen LogP contribution in [0.5, 0.6) is 0 Å². The summed E-state index contributed by atoms with van der Waals surface area (Å²) in [5, 5.41) is 2.97. The van der Waals surface area contributed by atoms with Gasteiger partial charge in [-0.25, -0.2) is 0 Å². The van der Waals surface area contributed by atoms with Gasteiger partial charge >= 0.3 is 5.51 Å². The van der Waals surface area contributed by atoms with Crippen molar-refractivity contribution in [1.29, 1.82) is 0 Å². The molecule has 0 saturated heterocycles. The van der Waals surface area contributed by atoms with Gasteiger partial charge in [0.1, 0.15) is 0 Å². The monoisotopic (exact) mass is 362 g/mol. The van der Waals surface area contributed by atoms with E-state index in [0.29, 0.717) is 12.2 Å². The Kier molecular flexibility index (Phi) is 4.93. The molecule has 1 heterocycles. The van der Waals surface area contributed by atoms with Gasteiger partial charge in [-0.3, -0.25) is 4.98 Å². The van der Waals surface area contributed by atoms with Crippen LogP contribution < -0.4 is 5.32 Å². The molecule has 0 unspecified atom stereocenters. The van der Waals surface area contributed by atoms with Gasteiger partial charge in [-0.2, -0.15) is 13.2 Å². The van der Waals surface area contributed by atoms with Crippen LogP contribution in [0, 0.1) is 0 Å². The van der Waals surface area contributed by atoms with Gasteiger partial charge in [0, 0.05) is 21.3 Å². The number of nitrogens with zero attached hydrogens (tertiary/aromatic N) is 1. The zero-order chi connectivity index (χ0) is 14.6. The molecular weight excluding hydrogens is 353 g/mol. The number of hydrogen-bond donors (Lipinski definition) is 1. The first-order valence-electron chi connectivity index (χ1n) is 5.63. The third kappa shape index (κ3) is 4.72. The van der Waals surface area contributed by atoms with E-state index < -0.39 is 5.51 Å². The molecule has 0 atom stereocenters. The second kappa shape index (κ2) is 6.49. The molecule has 0 radical (unpaired) electrons. The van der Waals surface area contributed by atoms with Gasteiger partial charge in [0.05, 0.1) is 12.2 Å². The normalized spacial score (nSPS) is 11.4. The number of benzene rings is 1. The minimum atomic E-state index is -4.30. The van der Waals surface area contributed by atoms with Gasteiger partial charge in [-0.15, -0.1) is 0 Å². The van der Waals surface area contributed by atoms with Gasteiger partial charge in [0.15, 0.2) is 0 Å². The van der Waals surface area contributed by atoms with Crippen molar-refractivity contribution in [2.75, 3.05) is 5.32 Å². The number of halogens is 4. The number of aromatic nitrogens is 1. The molecule has 1 aromatic carbocycles. The van der Waals surface area contributed by atoms with Gasteiger partial charge in [-0.1, -0.05) is 12.1 Å². The number of anilines is 1. The van der Waals surface area contributed by atoms with E-state index in [0.717, 1.165) is 10.2 Å². The van der Waals surface area contributed by atoms with Crippen LogP contribution in [0.25, 0.3) is 0 Å². The van der Waals surface area contributed by atoms with Crippen LogP contribution in [0.2, 0.25) is 0 Å². The predicted molar refractivity (Wildman–Crippen MR) is 77.6 cm³/mol. The fraction of sp³-hybridized carbons (Fsp3) is 0.154. The van der Waals surface area contributed by atoms with Crippen LogP contribution in [0.3, 0.4) is 0 Å². The number of pyridine rings is 1. The highest BCUT2D eigenvalue weighted by atomic mass is 79.9. The molecule has 2 aromatic rings. The molecule has 0 bridgehead atoms. The maximum Gasteiger partial charge on any atom is 0.446 e. The number of rotatable bonds is 4. The Morgan fingerprint density at radius 3 is 2.55 bits per heavy atom. The summed E-state index contributed by atoms with van der Waals surface area (Å²) in [7, 11) is 0. The SMILES string of the molecule is FC(F)(F)Sc1ccccc1NCc1ccc(Br)cn1. The van der Waals surface area contributed by atoms with E-state index in [9.17, 15) is 13.2 Å². The largest absolute Gasteiger partial charge is 0.446 e. The van der Waals surface area contributed by atoms with Crippen molar-refractivity contribution >= 4 is 33.4 Å². The molecule has 20 heavy (non-hydrogen) atoms. The Labute approximate surface area is 126 Å². The molecule has 2 rings (SSSR count). The van der Waals surface area contributed by atoms with Crippen molar-refractivity contribution in [3.05, 3.63) is 52.8 Å². The van der Waals surface area contributed by atoms with Crippen LogP contribution in [0.15, 0.2) is 52.0 Å². The Hall–Kier alpha value is -1.21. The van der Waals surface area contributed by atoms with Crippen molar-refractivity contribution in [2.24, 2.45) is 0 Å². The lowest BCUT2D eigenvalue weighted by molar-refractivity contribution is -0.0327. The summed E-state index contributed by atoms with van der Waals surface area (Å²) < 4.78 is 38.2. The summed E-state index contributed by atoms with van der Waals surface area (Å²) in [6.45, 7) is 0.364. The van der Waals surface area contributed by atoms with Crippen molar-refractivity contribution in [1.82, 2.24) is 4.98 Å². The quantitative estimate of drug-likeness (QED) is 0.768. The Balaban J connectivity index is 2.07. The average Bonchev–Trinajstić information content (AvgIpc) is 2.38. The molecular formula is C13H10BrF3N2S. The summed E-state index contributed by atoms with van der Waals surface area (Å²) in [6.07, 6.45) is 1.65. The highest BCUT2D eigenvalue weighted by Crippen LogP contribution is 2.40. The number of alkyl halides is 3. The Bertz CT molecular complexity index is 573. The molecule has 1 N–H and O–H groups in total. The van der Waals surface area contributed by atoms with Gasteiger partial charge in [-0.05, 0) is 52.0 Å². The van der Waals surface area contributed by atoms with Crippen LogP contribution in [-0.2, 0) is 6.54 Å². The zero-order valence-electron chi connectivity index (χ0n) is 10.1. The van der Waals surface area contributed by atoms with E-state index in [1.54, 1.807) is 30.5 Å². The molecule has 2 nitrogen and oxygen atoms in total. The smallest absolute Gasteiger partial charge is 0.378 e. The van der Waals surface area contributed by atoms with E-state index >= 15 is 0 Å². The standard InChI is InChI=1S/C13H10BrF3N2S/c14-9-5-6-10(18-7-9)8-19-11-3-1-2-4-12(11)20-13(15,16)17/h1-7,19H,8H2. The third-order valence-electron chi connectivity index (χ3n) is 2.36. The van der Waals surface area contributed by atoms with Crippen LogP contribution in [-0.4, -0.2) is 10.5 Å². The highest BCUT2D eigenvalue weighted by Gasteiger charge is 2.30. The van der Waals surface area contributed by atoms with E-state index in [1.165, 1.54) is 6.07 Å². The molecule has 106 valence electrons. The zero-order valence-corrected chi connectivity index (χ0v) is 12.5. The topological polar surface area (TPSA) is 24.9 Å². The van der Waals surface area contributed by atoms with E-state index in [2.05, 4.69) is 26.2 Å². The van der Waals surface area contributed by atoms with Gasteiger partial charge in [0.2, 0.25) is 0 Å². The second-order valence-corrected chi connectivity index (χ2v) is 5.89. The first-order valence-corrected chi connectivity index (χ1v) is 7.24. The van der Waals surface area contributed by atoms with Crippen molar-refractivity contribution in [3.63, 3.8) is 0 Å². The summed E-state index contributed by atoms with van der Waals surface area (Å²) in [4.78, 5) is 4.31. The fourth-order valence-corrected chi connectivity index (χ4v) is 2.40. The lowest BCUT2D eigenvalue weighted by Crippen LogP contribution is -2.05. The lowest BCUT2D eigenvalue weighted by atomic mass is 10.3. The molecule has 0 spiro atoms. The number of thioether (sulfide) groups is 1.